The maximum absolute atomic E-state index is 11.7. The summed E-state index contributed by atoms with van der Waals surface area (Å²) in [6, 6.07) is 7.70. The molecule has 0 radical (unpaired) electrons. The van der Waals surface area contributed by atoms with Crippen LogP contribution in [0.5, 0.6) is 5.75 Å². The van der Waals surface area contributed by atoms with Crippen molar-refractivity contribution < 1.29 is 14.3 Å². The Morgan fingerprint density at radius 3 is 2.86 bits per heavy atom. The molecule has 1 fully saturated rings. The number of benzene rings is 1. The maximum Gasteiger partial charge on any atom is 0.257 e. The smallest absolute Gasteiger partial charge is 0.257 e. The van der Waals surface area contributed by atoms with E-state index in [0.717, 1.165) is 50.6 Å². The molecule has 1 saturated heterocycles. The number of amides is 1. The van der Waals surface area contributed by atoms with E-state index < -0.39 is 0 Å². The van der Waals surface area contributed by atoms with Gasteiger partial charge in [0.25, 0.3) is 5.91 Å². The molecule has 116 valence electrons. The topological polar surface area (TPSA) is 50.8 Å². The van der Waals surface area contributed by atoms with Gasteiger partial charge in [-0.2, -0.15) is 0 Å². The number of nitrogens with one attached hydrogen (secondary N) is 1. The first-order chi connectivity index (χ1) is 10.3. The lowest BCUT2D eigenvalue weighted by atomic mass is 10.2. The number of aryl methyl sites for hydroxylation is 1. The number of carbonyl (C=O) groups is 1. The van der Waals surface area contributed by atoms with Gasteiger partial charge in [-0.15, -0.1) is 0 Å². The van der Waals surface area contributed by atoms with Crippen molar-refractivity contribution in [1.82, 2.24) is 10.2 Å². The lowest BCUT2D eigenvalue weighted by molar-refractivity contribution is -0.123. The molecule has 1 N–H and O–H groups in total. The predicted molar refractivity (Wildman–Crippen MR) is 81.6 cm³/mol. The number of nitrogens with zero attached hydrogens (tertiary/aromatic N) is 1. The molecular weight excluding hydrogens is 268 g/mol. The number of ether oxygens (including phenoxy) is 2. The van der Waals surface area contributed by atoms with Crippen molar-refractivity contribution in [3.63, 3.8) is 0 Å². The molecule has 1 aliphatic heterocycles. The summed E-state index contributed by atoms with van der Waals surface area (Å²) in [6.45, 7) is 7.34. The highest BCUT2D eigenvalue weighted by Gasteiger charge is 2.09. The molecule has 1 aromatic rings. The zero-order valence-corrected chi connectivity index (χ0v) is 12.6. The van der Waals surface area contributed by atoms with Crippen LogP contribution in [0.15, 0.2) is 24.3 Å². The van der Waals surface area contributed by atoms with E-state index in [1.165, 1.54) is 0 Å². The third-order valence-corrected chi connectivity index (χ3v) is 3.53. The number of rotatable bonds is 7. The van der Waals surface area contributed by atoms with E-state index in [1.807, 2.05) is 31.2 Å². The van der Waals surface area contributed by atoms with Gasteiger partial charge in [-0.1, -0.05) is 18.2 Å². The van der Waals surface area contributed by atoms with Crippen molar-refractivity contribution in [3.05, 3.63) is 29.8 Å². The zero-order valence-electron chi connectivity index (χ0n) is 12.6. The molecule has 1 heterocycles. The fourth-order valence-electron chi connectivity index (χ4n) is 2.27. The van der Waals surface area contributed by atoms with E-state index in [1.54, 1.807) is 0 Å². The van der Waals surface area contributed by atoms with Gasteiger partial charge in [-0.25, -0.2) is 0 Å². The molecule has 1 aromatic carbocycles. The Morgan fingerprint density at radius 2 is 2.10 bits per heavy atom. The minimum absolute atomic E-state index is 0.0692. The molecule has 21 heavy (non-hydrogen) atoms. The summed E-state index contributed by atoms with van der Waals surface area (Å²) >= 11 is 0. The normalized spacial score (nSPS) is 15.7. The first-order valence-corrected chi connectivity index (χ1v) is 7.51. The quantitative estimate of drug-likeness (QED) is 0.768. The van der Waals surface area contributed by atoms with Crippen molar-refractivity contribution in [2.24, 2.45) is 0 Å². The van der Waals surface area contributed by atoms with Crippen LogP contribution in [0, 0.1) is 6.92 Å². The number of hydrogen-bond donors (Lipinski definition) is 1. The first-order valence-electron chi connectivity index (χ1n) is 7.51. The molecule has 2 rings (SSSR count). The highest BCUT2D eigenvalue weighted by Crippen LogP contribution is 2.15. The van der Waals surface area contributed by atoms with Gasteiger partial charge in [-0.3, -0.25) is 9.69 Å². The van der Waals surface area contributed by atoms with E-state index in [4.69, 9.17) is 9.47 Å². The molecule has 0 aromatic heterocycles. The maximum atomic E-state index is 11.7. The van der Waals surface area contributed by atoms with Crippen molar-refractivity contribution in [2.45, 2.75) is 13.3 Å². The molecular formula is C16H24N2O3. The molecule has 5 nitrogen and oxygen atoms in total. The molecule has 0 atom stereocenters. The Labute approximate surface area is 126 Å². The second kappa shape index (κ2) is 8.64. The largest absolute Gasteiger partial charge is 0.484 e. The van der Waals surface area contributed by atoms with Crippen LogP contribution in [-0.4, -0.2) is 56.8 Å². The van der Waals surface area contributed by atoms with Crippen LogP contribution in [0.1, 0.15) is 12.0 Å². The molecule has 0 saturated carbocycles. The molecule has 1 aliphatic rings. The average Bonchev–Trinajstić information content (AvgIpc) is 2.52. The van der Waals surface area contributed by atoms with Gasteiger partial charge in [0.2, 0.25) is 0 Å². The predicted octanol–water partition coefficient (Wildman–Crippen LogP) is 1.21. The number of para-hydroxylation sites is 1. The summed E-state index contributed by atoms with van der Waals surface area (Å²) in [4.78, 5) is 14.1. The second-order valence-electron chi connectivity index (χ2n) is 5.21. The fraction of sp³-hybridized carbons (Fsp3) is 0.562. The van der Waals surface area contributed by atoms with E-state index in [9.17, 15) is 4.79 Å². The first kappa shape index (κ1) is 15.8. The molecule has 5 heteroatoms. The van der Waals surface area contributed by atoms with Gasteiger partial charge in [0.15, 0.2) is 6.61 Å². The third-order valence-electron chi connectivity index (χ3n) is 3.53. The Morgan fingerprint density at radius 1 is 1.33 bits per heavy atom. The molecule has 1 amide bonds. The van der Waals surface area contributed by atoms with Crippen LogP contribution in [-0.2, 0) is 9.53 Å². The number of hydrogen-bond acceptors (Lipinski definition) is 4. The van der Waals surface area contributed by atoms with Crippen molar-refractivity contribution in [1.29, 1.82) is 0 Å². The fourth-order valence-corrected chi connectivity index (χ4v) is 2.27. The number of morpholine rings is 1. The summed E-state index contributed by atoms with van der Waals surface area (Å²) in [7, 11) is 0. The Bertz CT molecular complexity index is 445. The Hall–Kier alpha value is -1.59. The van der Waals surface area contributed by atoms with Gasteiger partial charge < -0.3 is 14.8 Å². The summed E-state index contributed by atoms with van der Waals surface area (Å²) in [5, 5.41) is 2.89. The second-order valence-corrected chi connectivity index (χ2v) is 5.21. The van der Waals surface area contributed by atoms with Crippen LogP contribution in [0.4, 0.5) is 0 Å². The zero-order chi connectivity index (χ0) is 14.9. The third kappa shape index (κ3) is 5.73. The van der Waals surface area contributed by atoms with Crippen molar-refractivity contribution in [3.8, 4) is 5.75 Å². The summed E-state index contributed by atoms with van der Waals surface area (Å²) in [5.41, 5.74) is 1.04. The van der Waals surface area contributed by atoms with Crippen LogP contribution >= 0.6 is 0 Å². The average molecular weight is 292 g/mol. The van der Waals surface area contributed by atoms with E-state index in [-0.39, 0.29) is 12.5 Å². The summed E-state index contributed by atoms with van der Waals surface area (Å²) in [6.07, 6.45) is 0.954. The van der Waals surface area contributed by atoms with Gasteiger partial charge in [0.05, 0.1) is 13.2 Å². The molecule has 0 unspecified atom stereocenters. The minimum atomic E-state index is -0.0692. The van der Waals surface area contributed by atoms with Gasteiger partial charge in [0.1, 0.15) is 5.75 Å². The Balaban J connectivity index is 1.56. The summed E-state index contributed by atoms with van der Waals surface area (Å²) < 4.78 is 10.8. The highest BCUT2D eigenvalue weighted by atomic mass is 16.5. The van der Waals surface area contributed by atoms with Crippen molar-refractivity contribution >= 4 is 5.91 Å². The number of carbonyl (C=O) groups excluding carboxylic acids is 1. The monoisotopic (exact) mass is 292 g/mol. The lowest BCUT2D eigenvalue weighted by Gasteiger charge is -2.26. The SMILES string of the molecule is Cc1ccccc1OCC(=O)NCCCN1CCOCC1. The molecule has 0 aliphatic carbocycles. The minimum Gasteiger partial charge on any atom is -0.484 e. The van der Waals surface area contributed by atoms with Crippen LogP contribution in [0.25, 0.3) is 0 Å². The van der Waals surface area contributed by atoms with Gasteiger partial charge in [0, 0.05) is 19.6 Å². The standard InChI is InChI=1S/C16H24N2O3/c1-14-5-2-3-6-15(14)21-13-16(19)17-7-4-8-18-9-11-20-12-10-18/h2-3,5-6H,4,7-13H2,1H3,(H,17,19). The molecule has 0 spiro atoms. The molecule has 0 bridgehead atoms. The van der Waals surface area contributed by atoms with E-state index in [2.05, 4.69) is 10.2 Å². The van der Waals surface area contributed by atoms with Crippen molar-refractivity contribution in [2.75, 3.05) is 46.0 Å². The Kier molecular flexibility index (Phi) is 6.50. The van der Waals surface area contributed by atoms with Crippen LogP contribution < -0.4 is 10.1 Å². The van der Waals surface area contributed by atoms with E-state index >= 15 is 0 Å². The van der Waals surface area contributed by atoms with Gasteiger partial charge >= 0.3 is 0 Å². The van der Waals surface area contributed by atoms with Gasteiger partial charge in [-0.05, 0) is 31.5 Å². The summed E-state index contributed by atoms with van der Waals surface area (Å²) in [5.74, 6) is 0.696. The van der Waals surface area contributed by atoms with E-state index in [0.29, 0.717) is 6.54 Å². The lowest BCUT2D eigenvalue weighted by Crippen LogP contribution is -2.38. The highest BCUT2D eigenvalue weighted by molar-refractivity contribution is 5.77. The van der Waals surface area contributed by atoms with Crippen LogP contribution in [0.3, 0.4) is 0 Å². The van der Waals surface area contributed by atoms with Crippen LogP contribution in [0.2, 0.25) is 0 Å².